The zero-order chi connectivity index (χ0) is 14.4. The molecular weight excluding hydrogens is 256 g/mol. The quantitative estimate of drug-likeness (QED) is 0.818. The molecule has 0 spiro atoms. The molecule has 0 aliphatic carbocycles. The van der Waals surface area contributed by atoms with Gasteiger partial charge in [0.15, 0.2) is 0 Å². The second kappa shape index (κ2) is 6.56. The first-order chi connectivity index (χ1) is 9.65. The van der Waals surface area contributed by atoms with Crippen molar-refractivity contribution in [1.29, 1.82) is 0 Å². The lowest BCUT2D eigenvalue weighted by molar-refractivity contribution is -0.131. The Hall–Kier alpha value is -2.56. The SMILES string of the molecule is Cn1cc(CCOc2ccccc2/C=C/C(=O)O)cn1. The van der Waals surface area contributed by atoms with Crippen LogP contribution in [0, 0.1) is 0 Å². The number of aromatic nitrogens is 2. The predicted octanol–water partition coefficient (Wildman–Crippen LogP) is 2.14. The smallest absolute Gasteiger partial charge is 0.328 e. The molecule has 0 aliphatic heterocycles. The molecule has 0 atom stereocenters. The van der Waals surface area contributed by atoms with E-state index in [1.807, 2.05) is 37.5 Å². The van der Waals surface area contributed by atoms with Crippen LogP contribution in [0.5, 0.6) is 5.75 Å². The van der Waals surface area contributed by atoms with Gasteiger partial charge in [0.05, 0.1) is 12.8 Å². The first kappa shape index (κ1) is 13.9. The van der Waals surface area contributed by atoms with E-state index in [9.17, 15) is 4.79 Å². The molecule has 5 nitrogen and oxygen atoms in total. The number of benzene rings is 1. The lowest BCUT2D eigenvalue weighted by Crippen LogP contribution is -2.02. The van der Waals surface area contributed by atoms with Gasteiger partial charge in [-0.1, -0.05) is 18.2 Å². The fourth-order valence-electron chi connectivity index (χ4n) is 1.79. The van der Waals surface area contributed by atoms with E-state index >= 15 is 0 Å². The van der Waals surface area contributed by atoms with Crippen molar-refractivity contribution in [2.24, 2.45) is 7.05 Å². The van der Waals surface area contributed by atoms with E-state index < -0.39 is 5.97 Å². The molecule has 20 heavy (non-hydrogen) atoms. The van der Waals surface area contributed by atoms with Crippen LogP contribution in [0.1, 0.15) is 11.1 Å². The molecule has 0 saturated heterocycles. The van der Waals surface area contributed by atoms with Crippen LogP contribution in [0.3, 0.4) is 0 Å². The fourth-order valence-corrected chi connectivity index (χ4v) is 1.79. The van der Waals surface area contributed by atoms with Crippen molar-refractivity contribution in [1.82, 2.24) is 9.78 Å². The molecule has 0 saturated carbocycles. The van der Waals surface area contributed by atoms with E-state index in [0.717, 1.165) is 23.6 Å². The molecule has 0 radical (unpaired) electrons. The number of carboxylic acids is 1. The first-order valence-electron chi connectivity index (χ1n) is 6.25. The fraction of sp³-hybridized carbons (Fsp3) is 0.200. The van der Waals surface area contributed by atoms with E-state index in [1.54, 1.807) is 10.9 Å². The minimum atomic E-state index is -0.977. The van der Waals surface area contributed by atoms with Crippen molar-refractivity contribution in [2.75, 3.05) is 6.61 Å². The third kappa shape index (κ3) is 3.98. The normalized spacial score (nSPS) is 10.8. The van der Waals surface area contributed by atoms with Gasteiger partial charge in [-0.15, -0.1) is 0 Å². The summed E-state index contributed by atoms with van der Waals surface area (Å²) in [7, 11) is 1.87. The number of hydrogen-bond acceptors (Lipinski definition) is 3. The molecule has 104 valence electrons. The third-order valence-corrected chi connectivity index (χ3v) is 2.73. The van der Waals surface area contributed by atoms with E-state index in [-0.39, 0.29) is 0 Å². The number of rotatable bonds is 6. The first-order valence-corrected chi connectivity index (χ1v) is 6.25. The average Bonchev–Trinajstić information content (AvgIpc) is 2.83. The van der Waals surface area contributed by atoms with Crippen LogP contribution in [-0.4, -0.2) is 27.5 Å². The Labute approximate surface area is 117 Å². The number of ether oxygens (including phenoxy) is 1. The maximum atomic E-state index is 10.5. The number of aryl methyl sites for hydroxylation is 1. The van der Waals surface area contributed by atoms with Gasteiger partial charge in [-0.25, -0.2) is 4.79 Å². The molecule has 0 amide bonds. The maximum Gasteiger partial charge on any atom is 0.328 e. The van der Waals surface area contributed by atoms with Crippen LogP contribution in [0.15, 0.2) is 42.7 Å². The second-order valence-electron chi connectivity index (χ2n) is 4.33. The zero-order valence-electron chi connectivity index (χ0n) is 11.2. The van der Waals surface area contributed by atoms with Crippen molar-refractivity contribution >= 4 is 12.0 Å². The van der Waals surface area contributed by atoms with Crippen molar-refractivity contribution in [2.45, 2.75) is 6.42 Å². The highest BCUT2D eigenvalue weighted by Gasteiger charge is 2.02. The highest BCUT2D eigenvalue weighted by atomic mass is 16.5. The van der Waals surface area contributed by atoms with Gasteiger partial charge in [-0.3, -0.25) is 4.68 Å². The summed E-state index contributed by atoms with van der Waals surface area (Å²) < 4.78 is 7.45. The van der Waals surface area contributed by atoms with Crippen LogP contribution in [0.25, 0.3) is 6.08 Å². The number of hydrogen-bond donors (Lipinski definition) is 1. The van der Waals surface area contributed by atoms with E-state index in [1.165, 1.54) is 6.08 Å². The van der Waals surface area contributed by atoms with Crippen LogP contribution in [-0.2, 0) is 18.3 Å². The Morgan fingerprint density at radius 1 is 1.45 bits per heavy atom. The molecule has 0 aliphatic rings. The predicted molar refractivity (Wildman–Crippen MR) is 75.5 cm³/mol. The van der Waals surface area contributed by atoms with Gasteiger partial charge in [0.1, 0.15) is 5.75 Å². The van der Waals surface area contributed by atoms with Crippen molar-refractivity contribution in [3.8, 4) is 5.75 Å². The zero-order valence-corrected chi connectivity index (χ0v) is 11.2. The lowest BCUT2D eigenvalue weighted by Gasteiger charge is -2.08. The number of para-hydroxylation sites is 1. The Morgan fingerprint density at radius 3 is 2.95 bits per heavy atom. The van der Waals surface area contributed by atoms with Crippen molar-refractivity contribution in [3.05, 3.63) is 53.9 Å². The summed E-state index contributed by atoms with van der Waals surface area (Å²) in [5, 5.41) is 12.7. The summed E-state index contributed by atoms with van der Waals surface area (Å²) in [6.07, 6.45) is 7.13. The van der Waals surface area contributed by atoms with Gasteiger partial charge in [0.25, 0.3) is 0 Å². The summed E-state index contributed by atoms with van der Waals surface area (Å²) >= 11 is 0. The number of carboxylic acid groups (broad SMARTS) is 1. The molecule has 1 heterocycles. The summed E-state index contributed by atoms with van der Waals surface area (Å²) in [6, 6.07) is 7.34. The molecular formula is C15H16N2O3. The van der Waals surface area contributed by atoms with E-state index in [4.69, 9.17) is 9.84 Å². The van der Waals surface area contributed by atoms with Gasteiger partial charge in [0.2, 0.25) is 0 Å². The molecule has 5 heteroatoms. The Bertz CT molecular complexity index is 617. The highest BCUT2D eigenvalue weighted by Crippen LogP contribution is 2.19. The third-order valence-electron chi connectivity index (χ3n) is 2.73. The minimum absolute atomic E-state index is 0.517. The number of aliphatic carboxylic acids is 1. The topological polar surface area (TPSA) is 64.3 Å². The molecule has 0 fully saturated rings. The van der Waals surface area contributed by atoms with Crippen LogP contribution in [0.4, 0.5) is 0 Å². The Kier molecular flexibility index (Phi) is 4.55. The standard InChI is InChI=1S/C15H16N2O3/c1-17-11-12(10-16-17)8-9-20-14-5-3-2-4-13(14)6-7-15(18)19/h2-7,10-11H,8-9H2,1H3,(H,18,19)/b7-6+. The average molecular weight is 272 g/mol. The molecule has 2 rings (SSSR count). The van der Waals surface area contributed by atoms with Crippen molar-refractivity contribution in [3.63, 3.8) is 0 Å². The van der Waals surface area contributed by atoms with Gasteiger partial charge in [-0.2, -0.15) is 5.10 Å². The lowest BCUT2D eigenvalue weighted by atomic mass is 10.2. The highest BCUT2D eigenvalue weighted by molar-refractivity contribution is 5.85. The largest absolute Gasteiger partial charge is 0.493 e. The van der Waals surface area contributed by atoms with Gasteiger partial charge < -0.3 is 9.84 Å². The van der Waals surface area contributed by atoms with Gasteiger partial charge in [-0.05, 0) is 17.7 Å². The molecule has 0 unspecified atom stereocenters. The van der Waals surface area contributed by atoms with E-state index in [2.05, 4.69) is 5.10 Å². The number of carbonyl (C=O) groups is 1. The summed E-state index contributed by atoms with van der Waals surface area (Å²) in [6.45, 7) is 0.517. The van der Waals surface area contributed by atoms with Gasteiger partial charge in [0, 0.05) is 31.3 Å². The maximum absolute atomic E-state index is 10.5. The monoisotopic (exact) mass is 272 g/mol. The number of nitrogens with zero attached hydrogens (tertiary/aromatic N) is 2. The molecule has 2 aromatic rings. The van der Waals surface area contributed by atoms with Crippen LogP contribution >= 0.6 is 0 Å². The molecule has 1 aromatic carbocycles. The van der Waals surface area contributed by atoms with Crippen LogP contribution in [0.2, 0.25) is 0 Å². The summed E-state index contributed by atoms with van der Waals surface area (Å²) in [5.41, 5.74) is 1.85. The summed E-state index contributed by atoms with van der Waals surface area (Å²) in [4.78, 5) is 10.5. The van der Waals surface area contributed by atoms with Crippen molar-refractivity contribution < 1.29 is 14.6 Å². The Morgan fingerprint density at radius 2 is 2.25 bits per heavy atom. The van der Waals surface area contributed by atoms with Crippen LogP contribution < -0.4 is 4.74 Å². The molecule has 1 N–H and O–H groups in total. The van der Waals surface area contributed by atoms with Gasteiger partial charge >= 0.3 is 5.97 Å². The second-order valence-corrected chi connectivity index (χ2v) is 4.33. The Balaban J connectivity index is 1.97. The molecule has 1 aromatic heterocycles. The minimum Gasteiger partial charge on any atom is -0.493 e. The summed E-state index contributed by atoms with van der Waals surface area (Å²) in [5.74, 6) is -0.302. The van der Waals surface area contributed by atoms with E-state index in [0.29, 0.717) is 12.4 Å². The molecule has 0 bridgehead atoms.